The van der Waals surface area contributed by atoms with Crippen molar-refractivity contribution in [3.8, 4) is 17.2 Å². The molecular formula is C14H20O4. The van der Waals surface area contributed by atoms with Crippen LogP contribution < -0.4 is 14.2 Å². The van der Waals surface area contributed by atoms with Gasteiger partial charge in [0.15, 0.2) is 11.5 Å². The molecule has 1 aromatic carbocycles. The highest BCUT2D eigenvalue weighted by molar-refractivity contribution is 5.51. The normalized spacial score (nSPS) is 13.1. The van der Waals surface area contributed by atoms with Crippen LogP contribution in [0.15, 0.2) is 12.1 Å². The Hall–Kier alpha value is -1.42. The summed E-state index contributed by atoms with van der Waals surface area (Å²) in [5, 5.41) is 9.35. The molecule has 4 heteroatoms. The van der Waals surface area contributed by atoms with E-state index in [4.69, 9.17) is 14.2 Å². The Kier molecular flexibility index (Phi) is 4.31. The number of benzene rings is 1. The minimum Gasteiger partial charge on any atom is -0.493 e. The number of hydrogen-bond acceptors (Lipinski definition) is 4. The summed E-state index contributed by atoms with van der Waals surface area (Å²) in [4.78, 5) is 0. The third kappa shape index (κ3) is 2.70. The first-order chi connectivity index (χ1) is 8.78. The van der Waals surface area contributed by atoms with Gasteiger partial charge in [0.1, 0.15) is 5.75 Å². The van der Waals surface area contributed by atoms with E-state index in [0.29, 0.717) is 29.8 Å². The molecule has 1 N–H and O–H groups in total. The van der Waals surface area contributed by atoms with Gasteiger partial charge < -0.3 is 19.3 Å². The second-order valence-electron chi connectivity index (χ2n) is 4.46. The molecule has 4 nitrogen and oxygen atoms in total. The fourth-order valence-corrected chi connectivity index (χ4v) is 1.96. The van der Waals surface area contributed by atoms with E-state index in [2.05, 4.69) is 13.8 Å². The van der Waals surface area contributed by atoms with Crippen molar-refractivity contribution in [2.24, 2.45) is 5.92 Å². The molecule has 2 rings (SSSR count). The molecule has 0 bridgehead atoms. The zero-order valence-corrected chi connectivity index (χ0v) is 10.9. The highest BCUT2D eigenvalue weighted by Gasteiger charge is 2.18. The number of rotatable bonds is 6. The van der Waals surface area contributed by atoms with Crippen molar-refractivity contribution in [1.29, 1.82) is 0 Å². The summed E-state index contributed by atoms with van der Waals surface area (Å²) in [7, 11) is 0. The molecule has 100 valence electrons. The predicted octanol–water partition coefficient (Wildman–Crippen LogP) is 2.72. The second-order valence-corrected chi connectivity index (χ2v) is 4.46. The Morgan fingerprint density at radius 1 is 1.22 bits per heavy atom. The fraction of sp³-hybridized carbons (Fsp3) is 0.571. The molecule has 1 aliphatic rings. The van der Waals surface area contributed by atoms with Gasteiger partial charge in [-0.05, 0) is 12.0 Å². The highest BCUT2D eigenvalue weighted by Crippen LogP contribution is 2.38. The van der Waals surface area contributed by atoms with Gasteiger partial charge in [0.05, 0.1) is 13.2 Å². The minimum atomic E-state index is -0.0606. The van der Waals surface area contributed by atoms with E-state index >= 15 is 0 Å². The van der Waals surface area contributed by atoms with Crippen LogP contribution in [0.5, 0.6) is 17.2 Å². The SMILES string of the molecule is CCC(CC)COc1cc2c(cc1CO)OCO2. The molecule has 0 spiro atoms. The predicted molar refractivity (Wildman–Crippen MR) is 68.1 cm³/mol. The van der Waals surface area contributed by atoms with Crippen LogP contribution in [0.2, 0.25) is 0 Å². The molecule has 18 heavy (non-hydrogen) atoms. The Morgan fingerprint density at radius 3 is 2.50 bits per heavy atom. The van der Waals surface area contributed by atoms with Crippen LogP contribution in [0, 0.1) is 5.92 Å². The number of aliphatic hydroxyl groups is 1. The van der Waals surface area contributed by atoms with Crippen LogP contribution in [0.3, 0.4) is 0 Å². The largest absolute Gasteiger partial charge is 0.493 e. The van der Waals surface area contributed by atoms with Crippen LogP contribution in [-0.4, -0.2) is 18.5 Å². The number of ether oxygens (including phenoxy) is 3. The van der Waals surface area contributed by atoms with Gasteiger partial charge in [-0.15, -0.1) is 0 Å². The van der Waals surface area contributed by atoms with E-state index in [-0.39, 0.29) is 13.4 Å². The Bertz CT molecular complexity index is 399. The van der Waals surface area contributed by atoms with E-state index < -0.39 is 0 Å². The molecule has 0 aromatic heterocycles. The number of fused-ring (bicyclic) bond motifs is 1. The van der Waals surface area contributed by atoms with Gasteiger partial charge in [-0.1, -0.05) is 26.7 Å². The zero-order chi connectivity index (χ0) is 13.0. The van der Waals surface area contributed by atoms with Gasteiger partial charge in [0.25, 0.3) is 0 Å². The van der Waals surface area contributed by atoms with Gasteiger partial charge in [-0.3, -0.25) is 0 Å². The summed E-state index contributed by atoms with van der Waals surface area (Å²) in [6, 6.07) is 3.58. The van der Waals surface area contributed by atoms with Crippen LogP contribution in [0.4, 0.5) is 0 Å². The van der Waals surface area contributed by atoms with E-state index in [1.54, 1.807) is 12.1 Å². The van der Waals surface area contributed by atoms with Crippen molar-refractivity contribution in [1.82, 2.24) is 0 Å². The van der Waals surface area contributed by atoms with E-state index in [9.17, 15) is 5.11 Å². The van der Waals surface area contributed by atoms with E-state index in [1.807, 2.05) is 0 Å². The first-order valence-electron chi connectivity index (χ1n) is 6.44. The molecule has 0 fully saturated rings. The van der Waals surface area contributed by atoms with Crippen LogP contribution in [0.25, 0.3) is 0 Å². The molecule has 1 heterocycles. The van der Waals surface area contributed by atoms with Crippen molar-refractivity contribution in [3.63, 3.8) is 0 Å². The highest BCUT2D eigenvalue weighted by atomic mass is 16.7. The fourth-order valence-electron chi connectivity index (χ4n) is 1.96. The second kappa shape index (κ2) is 5.96. The lowest BCUT2D eigenvalue weighted by Crippen LogP contribution is -2.11. The maximum absolute atomic E-state index is 9.35. The summed E-state index contributed by atoms with van der Waals surface area (Å²) in [5.74, 6) is 2.59. The molecule has 1 aromatic rings. The molecule has 1 aliphatic heterocycles. The first kappa shape index (κ1) is 13.0. The lowest BCUT2D eigenvalue weighted by Gasteiger charge is -2.16. The van der Waals surface area contributed by atoms with E-state index in [1.165, 1.54) is 0 Å². The quantitative estimate of drug-likeness (QED) is 0.845. The summed E-state index contributed by atoms with van der Waals surface area (Å²) in [6.07, 6.45) is 2.19. The third-order valence-corrected chi connectivity index (χ3v) is 3.36. The van der Waals surface area contributed by atoms with Crippen molar-refractivity contribution in [2.45, 2.75) is 33.3 Å². The monoisotopic (exact) mass is 252 g/mol. The first-order valence-corrected chi connectivity index (χ1v) is 6.44. The smallest absolute Gasteiger partial charge is 0.231 e. The van der Waals surface area contributed by atoms with Crippen molar-refractivity contribution in [3.05, 3.63) is 17.7 Å². The molecule has 0 aliphatic carbocycles. The lowest BCUT2D eigenvalue weighted by atomic mass is 10.1. The number of aliphatic hydroxyl groups excluding tert-OH is 1. The summed E-state index contributed by atoms with van der Waals surface area (Å²) in [5.41, 5.74) is 0.741. The van der Waals surface area contributed by atoms with Crippen molar-refractivity contribution >= 4 is 0 Å². The lowest BCUT2D eigenvalue weighted by molar-refractivity contribution is 0.173. The number of hydrogen-bond donors (Lipinski definition) is 1. The summed E-state index contributed by atoms with van der Waals surface area (Å²) < 4.78 is 16.4. The Balaban J connectivity index is 2.11. The Labute approximate surface area is 107 Å². The Morgan fingerprint density at radius 2 is 1.89 bits per heavy atom. The third-order valence-electron chi connectivity index (χ3n) is 3.36. The minimum absolute atomic E-state index is 0.0606. The van der Waals surface area contributed by atoms with Crippen molar-refractivity contribution in [2.75, 3.05) is 13.4 Å². The van der Waals surface area contributed by atoms with Crippen molar-refractivity contribution < 1.29 is 19.3 Å². The van der Waals surface area contributed by atoms with Gasteiger partial charge in [-0.2, -0.15) is 0 Å². The van der Waals surface area contributed by atoms with Crippen LogP contribution >= 0.6 is 0 Å². The summed E-state index contributed by atoms with van der Waals surface area (Å²) in [6.45, 7) is 5.15. The average Bonchev–Trinajstić information content (AvgIpc) is 2.85. The molecule has 0 unspecified atom stereocenters. The summed E-state index contributed by atoms with van der Waals surface area (Å²) >= 11 is 0. The standard InChI is InChI=1S/C14H20O4/c1-3-10(4-2)8-16-12-6-14-13(17-9-18-14)5-11(12)7-15/h5-6,10,15H,3-4,7-9H2,1-2H3. The van der Waals surface area contributed by atoms with E-state index in [0.717, 1.165) is 18.4 Å². The topological polar surface area (TPSA) is 47.9 Å². The van der Waals surface area contributed by atoms with Crippen LogP contribution in [0.1, 0.15) is 32.3 Å². The maximum Gasteiger partial charge on any atom is 0.231 e. The maximum atomic E-state index is 9.35. The molecule has 0 atom stereocenters. The molecule has 0 saturated heterocycles. The van der Waals surface area contributed by atoms with Gasteiger partial charge in [-0.25, -0.2) is 0 Å². The molecule has 0 saturated carbocycles. The van der Waals surface area contributed by atoms with Gasteiger partial charge in [0, 0.05) is 11.6 Å². The van der Waals surface area contributed by atoms with Gasteiger partial charge in [0.2, 0.25) is 6.79 Å². The van der Waals surface area contributed by atoms with Crippen LogP contribution in [-0.2, 0) is 6.61 Å². The van der Waals surface area contributed by atoms with Gasteiger partial charge >= 0.3 is 0 Å². The average molecular weight is 252 g/mol. The molecule has 0 amide bonds. The zero-order valence-electron chi connectivity index (χ0n) is 10.9. The molecular weight excluding hydrogens is 232 g/mol. The molecule has 0 radical (unpaired) electrons.